The summed E-state index contributed by atoms with van der Waals surface area (Å²) in [6, 6.07) is 21.4. The van der Waals surface area contributed by atoms with Gasteiger partial charge < -0.3 is 15.1 Å². The second-order valence-corrected chi connectivity index (χ2v) is 8.25. The van der Waals surface area contributed by atoms with Crippen molar-refractivity contribution in [2.75, 3.05) is 42.9 Å². The maximum absolute atomic E-state index is 12.9. The van der Waals surface area contributed by atoms with Crippen molar-refractivity contribution in [3.05, 3.63) is 94.5 Å². The zero-order valence-corrected chi connectivity index (χ0v) is 18.8. The van der Waals surface area contributed by atoms with Crippen LogP contribution in [0.1, 0.15) is 33.2 Å². The van der Waals surface area contributed by atoms with E-state index in [0.29, 0.717) is 27.4 Å². The zero-order valence-electron chi connectivity index (χ0n) is 18.1. The molecule has 3 aromatic carbocycles. The van der Waals surface area contributed by atoms with Crippen LogP contribution in [0.5, 0.6) is 0 Å². The summed E-state index contributed by atoms with van der Waals surface area (Å²) in [6.07, 6.45) is 0. The first-order chi connectivity index (χ1) is 15.5. The topological polar surface area (TPSA) is 52.6 Å². The molecule has 0 aliphatic carbocycles. The minimum Gasteiger partial charge on any atom is -0.367 e. The predicted octanol–water partition coefficient (Wildman–Crippen LogP) is 4.97. The number of hydrogen-bond donors (Lipinski definition) is 1. The minimum atomic E-state index is -0.237. The maximum Gasteiger partial charge on any atom is 0.255 e. The Hall–Kier alpha value is -3.15. The molecule has 1 heterocycles. The van der Waals surface area contributed by atoms with E-state index >= 15 is 0 Å². The molecule has 32 heavy (non-hydrogen) atoms. The molecule has 1 aliphatic heterocycles. The van der Waals surface area contributed by atoms with Crippen molar-refractivity contribution in [2.45, 2.75) is 6.92 Å². The van der Waals surface area contributed by atoms with Gasteiger partial charge in [-0.05, 0) is 36.9 Å². The molecule has 0 bridgehead atoms. The fourth-order valence-electron chi connectivity index (χ4n) is 3.91. The molecule has 6 heteroatoms. The highest BCUT2D eigenvalue weighted by atomic mass is 35.5. The van der Waals surface area contributed by atoms with Crippen LogP contribution in [-0.4, -0.2) is 49.3 Å². The molecule has 0 aromatic heterocycles. The predicted molar refractivity (Wildman–Crippen MR) is 130 cm³/mol. The van der Waals surface area contributed by atoms with Crippen molar-refractivity contribution in [3.8, 4) is 0 Å². The highest BCUT2D eigenvalue weighted by Crippen LogP contribution is 2.30. The lowest BCUT2D eigenvalue weighted by molar-refractivity contribution is 0.102. The SMILES string of the molecule is CCN1CCN(c2ccc(Cl)cc2NC(=O)c2ccc(C(=O)c3ccccc3)cc2)CC1. The van der Waals surface area contributed by atoms with Gasteiger partial charge in [0.15, 0.2) is 5.78 Å². The molecule has 0 radical (unpaired) electrons. The van der Waals surface area contributed by atoms with Crippen molar-refractivity contribution in [1.82, 2.24) is 4.90 Å². The van der Waals surface area contributed by atoms with E-state index in [1.165, 1.54) is 0 Å². The third kappa shape index (κ3) is 5.01. The molecular weight excluding hydrogens is 422 g/mol. The molecular formula is C26H26ClN3O2. The van der Waals surface area contributed by atoms with Crippen molar-refractivity contribution < 1.29 is 9.59 Å². The number of carbonyl (C=O) groups is 2. The Balaban J connectivity index is 1.49. The van der Waals surface area contributed by atoms with E-state index in [9.17, 15) is 9.59 Å². The number of rotatable bonds is 6. The minimum absolute atomic E-state index is 0.0686. The summed E-state index contributed by atoms with van der Waals surface area (Å²) in [5.41, 5.74) is 3.31. The Bertz CT molecular complexity index is 1090. The molecule has 4 rings (SSSR count). The fraction of sp³-hybridized carbons (Fsp3) is 0.231. The standard InChI is InChI=1S/C26H26ClN3O2/c1-2-29-14-16-30(17-15-29)24-13-12-22(27)18-23(24)28-26(32)21-10-8-20(9-11-21)25(31)19-6-4-3-5-7-19/h3-13,18H,2,14-17H2,1H3,(H,28,32). The first-order valence-electron chi connectivity index (χ1n) is 10.8. The number of amides is 1. The number of halogens is 1. The summed E-state index contributed by atoms with van der Waals surface area (Å²) >= 11 is 6.23. The summed E-state index contributed by atoms with van der Waals surface area (Å²) in [5.74, 6) is -0.305. The van der Waals surface area contributed by atoms with E-state index in [1.54, 1.807) is 42.5 Å². The van der Waals surface area contributed by atoms with Gasteiger partial charge in [0.25, 0.3) is 5.91 Å². The van der Waals surface area contributed by atoms with Gasteiger partial charge in [0.2, 0.25) is 0 Å². The Morgan fingerprint density at radius 3 is 2.12 bits per heavy atom. The van der Waals surface area contributed by atoms with Gasteiger partial charge in [-0.3, -0.25) is 9.59 Å². The Morgan fingerprint density at radius 1 is 0.844 bits per heavy atom. The molecule has 1 N–H and O–H groups in total. The van der Waals surface area contributed by atoms with Crippen molar-refractivity contribution in [2.24, 2.45) is 0 Å². The van der Waals surface area contributed by atoms with Crippen LogP contribution in [0.2, 0.25) is 5.02 Å². The van der Waals surface area contributed by atoms with Crippen LogP contribution in [0.25, 0.3) is 0 Å². The molecule has 3 aromatic rings. The molecule has 164 valence electrons. The first kappa shape index (κ1) is 22.1. The van der Waals surface area contributed by atoms with Crippen LogP contribution >= 0.6 is 11.6 Å². The van der Waals surface area contributed by atoms with E-state index in [1.807, 2.05) is 30.3 Å². The van der Waals surface area contributed by atoms with Gasteiger partial charge in [0.05, 0.1) is 11.4 Å². The lowest BCUT2D eigenvalue weighted by Gasteiger charge is -2.36. The molecule has 1 amide bonds. The van der Waals surface area contributed by atoms with Crippen molar-refractivity contribution >= 4 is 34.7 Å². The Labute approximate surface area is 193 Å². The molecule has 0 atom stereocenters. The smallest absolute Gasteiger partial charge is 0.255 e. The third-order valence-electron chi connectivity index (χ3n) is 5.81. The molecule has 1 fully saturated rings. The monoisotopic (exact) mass is 447 g/mol. The van der Waals surface area contributed by atoms with E-state index in [0.717, 1.165) is 38.4 Å². The number of anilines is 2. The average molecular weight is 448 g/mol. The highest BCUT2D eigenvalue weighted by Gasteiger charge is 2.20. The second-order valence-electron chi connectivity index (χ2n) is 7.81. The van der Waals surface area contributed by atoms with Crippen LogP contribution in [0.15, 0.2) is 72.8 Å². The van der Waals surface area contributed by atoms with E-state index in [-0.39, 0.29) is 11.7 Å². The molecule has 5 nitrogen and oxygen atoms in total. The molecule has 0 saturated carbocycles. The Kier molecular flexibility index (Phi) is 6.88. The largest absolute Gasteiger partial charge is 0.367 e. The van der Waals surface area contributed by atoms with Gasteiger partial charge in [-0.15, -0.1) is 0 Å². The summed E-state index contributed by atoms with van der Waals surface area (Å²) in [4.78, 5) is 30.2. The van der Waals surface area contributed by atoms with Gasteiger partial charge in [-0.25, -0.2) is 0 Å². The number of nitrogens with one attached hydrogen (secondary N) is 1. The van der Waals surface area contributed by atoms with Gasteiger partial charge in [-0.2, -0.15) is 0 Å². The summed E-state index contributed by atoms with van der Waals surface area (Å²) in [6.45, 7) is 6.99. The normalized spacial score (nSPS) is 14.2. The van der Waals surface area contributed by atoms with Crippen molar-refractivity contribution in [1.29, 1.82) is 0 Å². The van der Waals surface area contributed by atoms with Gasteiger partial charge in [-0.1, -0.05) is 61.0 Å². The van der Waals surface area contributed by atoms with E-state index in [4.69, 9.17) is 11.6 Å². The van der Waals surface area contributed by atoms with Gasteiger partial charge >= 0.3 is 0 Å². The quantitative estimate of drug-likeness (QED) is 0.542. The number of benzene rings is 3. The molecule has 1 aliphatic rings. The van der Waals surface area contributed by atoms with E-state index < -0.39 is 0 Å². The van der Waals surface area contributed by atoms with Gasteiger partial charge in [0, 0.05) is 47.9 Å². The summed E-state index contributed by atoms with van der Waals surface area (Å²) < 4.78 is 0. The number of piperazine rings is 1. The number of ketones is 1. The summed E-state index contributed by atoms with van der Waals surface area (Å²) in [7, 11) is 0. The highest BCUT2D eigenvalue weighted by molar-refractivity contribution is 6.31. The fourth-order valence-corrected chi connectivity index (χ4v) is 4.08. The van der Waals surface area contributed by atoms with Crippen LogP contribution in [0.3, 0.4) is 0 Å². The lowest BCUT2D eigenvalue weighted by atomic mass is 10.0. The number of carbonyl (C=O) groups excluding carboxylic acids is 2. The van der Waals surface area contributed by atoms with Crippen LogP contribution in [0.4, 0.5) is 11.4 Å². The van der Waals surface area contributed by atoms with Crippen LogP contribution < -0.4 is 10.2 Å². The third-order valence-corrected chi connectivity index (χ3v) is 6.05. The average Bonchev–Trinajstić information content (AvgIpc) is 2.84. The zero-order chi connectivity index (χ0) is 22.5. The van der Waals surface area contributed by atoms with Crippen LogP contribution in [0, 0.1) is 0 Å². The maximum atomic E-state index is 12.9. The number of nitrogens with zero attached hydrogens (tertiary/aromatic N) is 2. The molecule has 0 spiro atoms. The van der Waals surface area contributed by atoms with Crippen LogP contribution in [-0.2, 0) is 0 Å². The molecule has 0 unspecified atom stereocenters. The second kappa shape index (κ2) is 9.98. The number of likely N-dealkylation sites (N-methyl/N-ethyl adjacent to an activating group) is 1. The van der Waals surface area contributed by atoms with Crippen molar-refractivity contribution in [3.63, 3.8) is 0 Å². The van der Waals surface area contributed by atoms with Gasteiger partial charge in [0.1, 0.15) is 0 Å². The Morgan fingerprint density at radius 2 is 1.47 bits per heavy atom. The van der Waals surface area contributed by atoms with E-state index in [2.05, 4.69) is 22.0 Å². The molecule has 1 saturated heterocycles. The lowest BCUT2D eigenvalue weighted by Crippen LogP contribution is -2.46. The first-order valence-corrected chi connectivity index (χ1v) is 11.2. The number of hydrogen-bond acceptors (Lipinski definition) is 4. The summed E-state index contributed by atoms with van der Waals surface area (Å²) in [5, 5.41) is 3.58.